The molecule has 6 nitrogen and oxygen atoms in total. The molecular formula is C18H16ClN5O. The predicted octanol–water partition coefficient (Wildman–Crippen LogP) is 4.39. The number of nitrogens with zero attached hydrogens (tertiary/aromatic N) is 2. The zero-order valence-corrected chi connectivity index (χ0v) is 14.0. The van der Waals surface area contributed by atoms with Gasteiger partial charge in [0.2, 0.25) is 0 Å². The van der Waals surface area contributed by atoms with Gasteiger partial charge in [0.15, 0.2) is 5.82 Å². The van der Waals surface area contributed by atoms with Crippen molar-refractivity contribution >= 4 is 35.0 Å². The van der Waals surface area contributed by atoms with Crippen molar-refractivity contribution in [3.05, 3.63) is 77.3 Å². The Morgan fingerprint density at radius 2 is 1.52 bits per heavy atom. The molecule has 0 aliphatic carbocycles. The van der Waals surface area contributed by atoms with Crippen molar-refractivity contribution in [2.45, 2.75) is 6.54 Å². The summed E-state index contributed by atoms with van der Waals surface area (Å²) in [6.07, 6.45) is 0. The summed E-state index contributed by atoms with van der Waals surface area (Å²) in [5.74, 6) is 0.981. The normalized spacial score (nSPS) is 10.1. The summed E-state index contributed by atoms with van der Waals surface area (Å²) in [6, 6.07) is 19.8. The van der Waals surface area contributed by atoms with Crippen LogP contribution in [0, 0.1) is 0 Å². The van der Waals surface area contributed by atoms with Crippen LogP contribution in [-0.2, 0) is 6.54 Å². The molecule has 2 amide bonds. The van der Waals surface area contributed by atoms with Crippen LogP contribution in [0.2, 0.25) is 5.02 Å². The van der Waals surface area contributed by atoms with Crippen molar-refractivity contribution in [2.24, 2.45) is 0 Å². The lowest BCUT2D eigenvalue weighted by Crippen LogP contribution is -2.20. The molecule has 1 aromatic heterocycles. The second-order valence-corrected chi connectivity index (χ2v) is 5.67. The van der Waals surface area contributed by atoms with Gasteiger partial charge in [-0.05, 0) is 42.0 Å². The Bertz CT molecular complexity index is 822. The number of hydrogen-bond acceptors (Lipinski definition) is 4. The van der Waals surface area contributed by atoms with E-state index in [1.54, 1.807) is 24.3 Å². The molecule has 1 heterocycles. The number of benzene rings is 2. The average Bonchev–Trinajstić information content (AvgIpc) is 2.63. The minimum absolute atomic E-state index is 0.366. The Kier molecular flexibility index (Phi) is 5.43. The van der Waals surface area contributed by atoms with Gasteiger partial charge in [0.25, 0.3) is 0 Å². The molecular weight excluding hydrogens is 338 g/mol. The largest absolute Gasteiger partial charge is 0.365 e. The van der Waals surface area contributed by atoms with Crippen molar-refractivity contribution in [1.82, 2.24) is 10.2 Å². The molecule has 3 rings (SSSR count). The molecule has 0 spiro atoms. The van der Waals surface area contributed by atoms with Gasteiger partial charge in [-0.15, -0.1) is 10.2 Å². The van der Waals surface area contributed by atoms with E-state index >= 15 is 0 Å². The highest BCUT2D eigenvalue weighted by molar-refractivity contribution is 6.30. The first kappa shape index (κ1) is 16.7. The zero-order valence-electron chi connectivity index (χ0n) is 13.2. The fourth-order valence-corrected chi connectivity index (χ4v) is 2.21. The van der Waals surface area contributed by atoms with Crippen LogP contribution in [-0.4, -0.2) is 16.2 Å². The Morgan fingerprint density at radius 3 is 2.20 bits per heavy atom. The summed E-state index contributed by atoms with van der Waals surface area (Å²) in [5.41, 5.74) is 1.78. The fourth-order valence-electron chi connectivity index (χ4n) is 2.09. The smallest absolute Gasteiger partial charge is 0.324 e. The molecule has 0 saturated carbocycles. The molecule has 25 heavy (non-hydrogen) atoms. The van der Waals surface area contributed by atoms with Crippen molar-refractivity contribution in [1.29, 1.82) is 0 Å². The lowest BCUT2D eigenvalue weighted by atomic mass is 10.2. The summed E-state index contributed by atoms with van der Waals surface area (Å²) < 4.78 is 0. The van der Waals surface area contributed by atoms with Gasteiger partial charge in [-0.1, -0.05) is 41.9 Å². The number of carbonyl (C=O) groups excluding carboxylic acids is 1. The second-order valence-electron chi connectivity index (χ2n) is 5.23. The van der Waals surface area contributed by atoms with Crippen LogP contribution < -0.4 is 16.0 Å². The van der Waals surface area contributed by atoms with Gasteiger partial charge in [0.05, 0.1) is 0 Å². The van der Waals surface area contributed by atoms with Gasteiger partial charge < -0.3 is 10.6 Å². The number of aromatic nitrogens is 2. The number of hydrogen-bond donors (Lipinski definition) is 3. The molecule has 7 heteroatoms. The Morgan fingerprint density at radius 1 is 0.840 bits per heavy atom. The van der Waals surface area contributed by atoms with E-state index in [0.29, 0.717) is 28.9 Å². The van der Waals surface area contributed by atoms with Gasteiger partial charge in [0, 0.05) is 17.3 Å². The Labute approximate surface area is 150 Å². The Hall–Kier alpha value is -3.12. The van der Waals surface area contributed by atoms with E-state index < -0.39 is 0 Å². The number of urea groups is 1. The number of halogens is 1. The van der Waals surface area contributed by atoms with Gasteiger partial charge in [-0.25, -0.2) is 4.79 Å². The molecule has 126 valence electrons. The van der Waals surface area contributed by atoms with Gasteiger partial charge >= 0.3 is 6.03 Å². The van der Waals surface area contributed by atoms with E-state index in [9.17, 15) is 4.79 Å². The molecule has 0 radical (unpaired) electrons. The van der Waals surface area contributed by atoms with Crippen molar-refractivity contribution in [2.75, 3.05) is 16.0 Å². The van der Waals surface area contributed by atoms with E-state index in [4.69, 9.17) is 11.6 Å². The molecule has 2 aromatic carbocycles. The summed E-state index contributed by atoms with van der Waals surface area (Å²) in [7, 11) is 0. The lowest BCUT2D eigenvalue weighted by molar-refractivity contribution is 0.262. The average molecular weight is 354 g/mol. The molecule has 0 saturated heterocycles. The third-order valence-electron chi connectivity index (χ3n) is 3.32. The second kappa shape index (κ2) is 8.12. The van der Waals surface area contributed by atoms with Crippen LogP contribution in [0.4, 0.5) is 22.1 Å². The van der Waals surface area contributed by atoms with Gasteiger partial charge in [-0.2, -0.15) is 0 Å². The third-order valence-corrected chi connectivity index (χ3v) is 3.58. The summed E-state index contributed by atoms with van der Waals surface area (Å²) in [5, 5.41) is 17.2. The molecule has 0 atom stereocenters. The third kappa shape index (κ3) is 5.19. The highest BCUT2D eigenvalue weighted by atomic mass is 35.5. The number of amides is 2. The van der Waals surface area contributed by atoms with E-state index in [-0.39, 0.29) is 6.03 Å². The number of anilines is 3. The molecule has 3 N–H and O–H groups in total. The first-order valence-corrected chi connectivity index (χ1v) is 8.02. The molecule has 0 aliphatic heterocycles. The molecule has 0 unspecified atom stereocenters. The van der Waals surface area contributed by atoms with Crippen LogP contribution in [0.3, 0.4) is 0 Å². The number of para-hydroxylation sites is 1. The highest BCUT2D eigenvalue weighted by Gasteiger charge is 2.04. The minimum atomic E-state index is -0.373. The van der Waals surface area contributed by atoms with Crippen LogP contribution in [0.1, 0.15) is 5.56 Å². The number of nitrogens with one attached hydrogen (secondary N) is 3. The van der Waals surface area contributed by atoms with E-state index in [1.165, 1.54) is 0 Å². The van der Waals surface area contributed by atoms with Crippen molar-refractivity contribution < 1.29 is 4.79 Å². The van der Waals surface area contributed by atoms with E-state index in [0.717, 1.165) is 5.56 Å². The maximum Gasteiger partial charge on any atom is 0.324 e. The maximum atomic E-state index is 11.9. The Balaban J connectivity index is 1.51. The van der Waals surface area contributed by atoms with Crippen LogP contribution in [0.5, 0.6) is 0 Å². The number of rotatable bonds is 5. The fraction of sp³-hybridized carbons (Fsp3) is 0.0556. The monoisotopic (exact) mass is 353 g/mol. The van der Waals surface area contributed by atoms with Crippen molar-refractivity contribution in [3.8, 4) is 0 Å². The summed E-state index contributed by atoms with van der Waals surface area (Å²) in [4.78, 5) is 11.9. The van der Waals surface area contributed by atoms with Crippen LogP contribution >= 0.6 is 11.6 Å². The highest BCUT2D eigenvalue weighted by Crippen LogP contribution is 2.12. The minimum Gasteiger partial charge on any atom is -0.365 e. The van der Waals surface area contributed by atoms with Crippen molar-refractivity contribution in [3.63, 3.8) is 0 Å². The molecule has 0 fully saturated rings. The first-order chi connectivity index (χ1) is 12.2. The van der Waals surface area contributed by atoms with Crippen LogP contribution in [0.25, 0.3) is 0 Å². The predicted molar refractivity (Wildman–Crippen MR) is 99.9 cm³/mol. The van der Waals surface area contributed by atoms with Crippen LogP contribution in [0.15, 0.2) is 66.7 Å². The van der Waals surface area contributed by atoms with Gasteiger partial charge in [-0.3, -0.25) is 5.32 Å². The van der Waals surface area contributed by atoms with E-state index in [2.05, 4.69) is 26.1 Å². The lowest BCUT2D eigenvalue weighted by Gasteiger charge is -2.08. The molecule has 0 aliphatic rings. The summed E-state index contributed by atoms with van der Waals surface area (Å²) in [6.45, 7) is 0.604. The molecule has 3 aromatic rings. The quantitative estimate of drug-likeness (QED) is 0.635. The topological polar surface area (TPSA) is 78.9 Å². The summed E-state index contributed by atoms with van der Waals surface area (Å²) >= 11 is 5.86. The van der Waals surface area contributed by atoms with E-state index in [1.807, 2.05) is 42.5 Å². The number of carbonyl (C=O) groups is 1. The maximum absolute atomic E-state index is 11.9. The zero-order chi connectivity index (χ0) is 17.5. The molecule has 0 bridgehead atoms. The standard InChI is InChI=1S/C18H16ClN5O/c19-14-8-6-13(7-9-14)12-20-16-10-11-17(24-23-16)22-18(25)21-15-4-2-1-3-5-15/h1-11H,12H2,(H,20,23)(H2,21,22,24,25). The van der Waals surface area contributed by atoms with Gasteiger partial charge in [0.1, 0.15) is 5.82 Å². The first-order valence-electron chi connectivity index (χ1n) is 7.64. The SMILES string of the molecule is O=C(Nc1ccccc1)Nc1ccc(NCc2ccc(Cl)cc2)nn1.